The summed E-state index contributed by atoms with van der Waals surface area (Å²) in [7, 11) is 2.13. The van der Waals surface area contributed by atoms with Crippen molar-refractivity contribution in [1.29, 1.82) is 0 Å². The Kier molecular flexibility index (Phi) is 3.39. The smallest absolute Gasteiger partial charge is 0.127 e. The molecule has 1 atom stereocenters. The van der Waals surface area contributed by atoms with Gasteiger partial charge in [-0.25, -0.2) is 4.98 Å². The van der Waals surface area contributed by atoms with Crippen molar-refractivity contribution in [3.05, 3.63) is 60.2 Å². The van der Waals surface area contributed by atoms with Gasteiger partial charge in [0.05, 0.1) is 22.8 Å². The van der Waals surface area contributed by atoms with Gasteiger partial charge in [0.1, 0.15) is 5.82 Å². The lowest BCUT2D eigenvalue weighted by atomic mass is 10.2. The highest BCUT2D eigenvalue weighted by molar-refractivity contribution is 5.75. The SMILES string of the molecule is Cn1c(C2CCCN2Cc2ccccn2)nc2ccccc21. The molecule has 0 bridgehead atoms. The number of aryl methyl sites for hydroxylation is 1. The number of benzene rings is 1. The van der Waals surface area contributed by atoms with Crippen molar-refractivity contribution in [3.63, 3.8) is 0 Å². The normalized spacial score (nSPS) is 19.0. The Morgan fingerprint density at radius 1 is 1.14 bits per heavy atom. The maximum atomic E-state index is 4.89. The van der Waals surface area contributed by atoms with Gasteiger partial charge in [-0.1, -0.05) is 18.2 Å². The number of nitrogens with zero attached hydrogens (tertiary/aromatic N) is 4. The van der Waals surface area contributed by atoms with Crippen LogP contribution in [0.3, 0.4) is 0 Å². The Labute approximate surface area is 130 Å². The minimum Gasteiger partial charge on any atom is -0.330 e. The molecule has 3 heterocycles. The van der Waals surface area contributed by atoms with Crippen LogP contribution in [0.2, 0.25) is 0 Å². The molecular formula is C18H20N4. The third kappa shape index (κ3) is 2.29. The van der Waals surface area contributed by atoms with Crippen LogP contribution in [0.1, 0.15) is 30.4 Å². The van der Waals surface area contributed by atoms with Crippen LogP contribution in [0, 0.1) is 0 Å². The Bertz CT molecular complexity index is 778. The average molecular weight is 292 g/mol. The van der Waals surface area contributed by atoms with Crippen LogP contribution >= 0.6 is 0 Å². The first-order chi connectivity index (χ1) is 10.8. The summed E-state index contributed by atoms with van der Waals surface area (Å²) in [6.45, 7) is 2.01. The number of hydrogen-bond donors (Lipinski definition) is 0. The van der Waals surface area contributed by atoms with Crippen LogP contribution in [0.4, 0.5) is 0 Å². The minimum atomic E-state index is 0.388. The topological polar surface area (TPSA) is 34.0 Å². The maximum absolute atomic E-state index is 4.89. The number of aromatic nitrogens is 3. The number of fused-ring (bicyclic) bond motifs is 1. The quantitative estimate of drug-likeness (QED) is 0.742. The van der Waals surface area contributed by atoms with Gasteiger partial charge in [0.25, 0.3) is 0 Å². The van der Waals surface area contributed by atoms with Crippen molar-refractivity contribution in [1.82, 2.24) is 19.4 Å². The molecule has 112 valence electrons. The molecule has 1 aliphatic rings. The molecule has 0 radical (unpaired) electrons. The lowest BCUT2D eigenvalue weighted by molar-refractivity contribution is 0.234. The van der Waals surface area contributed by atoms with Gasteiger partial charge < -0.3 is 4.57 Å². The van der Waals surface area contributed by atoms with Crippen molar-refractivity contribution < 1.29 is 0 Å². The Morgan fingerprint density at radius 3 is 2.82 bits per heavy atom. The van der Waals surface area contributed by atoms with Crippen molar-refractivity contribution in [3.8, 4) is 0 Å². The highest BCUT2D eigenvalue weighted by Gasteiger charge is 2.29. The lowest BCUT2D eigenvalue weighted by Crippen LogP contribution is -2.25. The molecule has 4 heteroatoms. The summed E-state index contributed by atoms with van der Waals surface area (Å²) in [6.07, 6.45) is 4.26. The fourth-order valence-electron chi connectivity index (χ4n) is 3.47. The maximum Gasteiger partial charge on any atom is 0.127 e. The summed E-state index contributed by atoms with van der Waals surface area (Å²) in [5, 5.41) is 0. The van der Waals surface area contributed by atoms with Crippen molar-refractivity contribution >= 4 is 11.0 Å². The number of likely N-dealkylation sites (tertiary alicyclic amines) is 1. The van der Waals surface area contributed by atoms with E-state index < -0.39 is 0 Å². The molecule has 1 aliphatic heterocycles. The number of pyridine rings is 1. The van der Waals surface area contributed by atoms with E-state index in [1.54, 1.807) is 0 Å². The highest BCUT2D eigenvalue weighted by atomic mass is 15.2. The van der Waals surface area contributed by atoms with Crippen LogP contribution in [0.5, 0.6) is 0 Å². The second-order valence-corrected chi connectivity index (χ2v) is 5.97. The average Bonchev–Trinajstić information content (AvgIpc) is 3.13. The summed E-state index contributed by atoms with van der Waals surface area (Å²) in [5.41, 5.74) is 3.43. The molecule has 1 saturated heterocycles. The molecule has 0 spiro atoms. The number of para-hydroxylation sites is 2. The monoisotopic (exact) mass is 292 g/mol. The molecule has 0 saturated carbocycles. The molecular weight excluding hydrogens is 272 g/mol. The standard InChI is InChI=1S/C18H20N4/c1-21-16-9-3-2-8-15(16)20-18(21)17-10-6-12-22(17)13-14-7-4-5-11-19-14/h2-5,7-9,11,17H,6,10,12-13H2,1H3. The van der Waals surface area contributed by atoms with Gasteiger partial charge in [-0.3, -0.25) is 9.88 Å². The first-order valence-electron chi connectivity index (χ1n) is 7.88. The second kappa shape index (κ2) is 5.54. The molecule has 1 unspecified atom stereocenters. The van der Waals surface area contributed by atoms with Crippen molar-refractivity contribution in [2.75, 3.05) is 6.54 Å². The Morgan fingerprint density at radius 2 is 2.00 bits per heavy atom. The summed E-state index contributed by atoms with van der Waals surface area (Å²) in [4.78, 5) is 11.9. The van der Waals surface area contributed by atoms with Crippen LogP contribution in [0.15, 0.2) is 48.7 Å². The Hall–Kier alpha value is -2.20. The van der Waals surface area contributed by atoms with E-state index in [2.05, 4.69) is 57.9 Å². The predicted octanol–water partition coefficient (Wildman–Crippen LogP) is 3.31. The van der Waals surface area contributed by atoms with E-state index in [1.807, 2.05) is 12.3 Å². The van der Waals surface area contributed by atoms with Gasteiger partial charge in [0, 0.05) is 19.8 Å². The Balaban J connectivity index is 1.66. The van der Waals surface area contributed by atoms with Crippen LogP contribution in [0.25, 0.3) is 11.0 Å². The van der Waals surface area contributed by atoms with E-state index in [4.69, 9.17) is 4.98 Å². The first kappa shape index (κ1) is 13.5. The minimum absolute atomic E-state index is 0.388. The molecule has 0 N–H and O–H groups in total. The van der Waals surface area contributed by atoms with Crippen LogP contribution in [-0.4, -0.2) is 26.0 Å². The molecule has 1 aromatic carbocycles. The van der Waals surface area contributed by atoms with E-state index in [0.717, 1.165) is 24.3 Å². The van der Waals surface area contributed by atoms with Crippen LogP contribution in [-0.2, 0) is 13.6 Å². The van der Waals surface area contributed by atoms with Gasteiger partial charge in [-0.2, -0.15) is 0 Å². The summed E-state index contributed by atoms with van der Waals surface area (Å²) in [5.74, 6) is 1.18. The third-order valence-corrected chi connectivity index (χ3v) is 4.57. The lowest BCUT2D eigenvalue weighted by Gasteiger charge is -2.23. The first-order valence-corrected chi connectivity index (χ1v) is 7.88. The molecule has 2 aromatic heterocycles. The van der Waals surface area contributed by atoms with Gasteiger partial charge in [0.15, 0.2) is 0 Å². The summed E-state index contributed by atoms with van der Waals surface area (Å²) < 4.78 is 2.25. The number of imidazole rings is 1. The third-order valence-electron chi connectivity index (χ3n) is 4.57. The van der Waals surface area contributed by atoms with E-state index in [1.165, 1.54) is 24.2 Å². The highest BCUT2D eigenvalue weighted by Crippen LogP contribution is 2.33. The van der Waals surface area contributed by atoms with Gasteiger partial charge >= 0.3 is 0 Å². The number of rotatable bonds is 3. The molecule has 4 nitrogen and oxygen atoms in total. The second-order valence-electron chi connectivity index (χ2n) is 5.97. The zero-order chi connectivity index (χ0) is 14.9. The fourth-order valence-corrected chi connectivity index (χ4v) is 3.47. The molecule has 0 amide bonds. The van der Waals surface area contributed by atoms with Crippen LogP contribution < -0.4 is 0 Å². The molecule has 1 fully saturated rings. The van der Waals surface area contributed by atoms with Crippen molar-refractivity contribution in [2.24, 2.45) is 7.05 Å². The molecule has 0 aliphatic carbocycles. The summed E-state index contributed by atoms with van der Waals surface area (Å²) >= 11 is 0. The van der Waals surface area contributed by atoms with E-state index in [0.29, 0.717) is 6.04 Å². The van der Waals surface area contributed by atoms with E-state index >= 15 is 0 Å². The zero-order valence-electron chi connectivity index (χ0n) is 12.8. The zero-order valence-corrected chi connectivity index (χ0v) is 12.8. The molecule has 4 rings (SSSR count). The van der Waals surface area contributed by atoms with Gasteiger partial charge in [-0.15, -0.1) is 0 Å². The number of hydrogen-bond acceptors (Lipinski definition) is 3. The van der Waals surface area contributed by atoms with E-state index in [-0.39, 0.29) is 0 Å². The van der Waals surface area contributed by atoms with Gasteiger partial charge in [0.2, 0.25) is 0 Å². The fraction of sp³-hybridized carbons (Fsp3) is 0.333. The van der Waals surface area contributed by atoms with Crippen molar-refractivity contribution in [2.45, 2.75) is 25.4 Å². The summed E-state index contributed by atoms with van der Waals surface area (Å²) in [6, 6.07) is 14.9. The predicted molar refractivity (Wildman–Crippen MR) is 87.3 cm³/mol. The van der Waals surface area contributed by atoms with Gasteiger partial charge in [-0.05, 0) is 43.7 Å². The molecule has 3 aromatic rings. The largest absolute Gasteiger partial charge is 0.330 e. The van der Waals surface area contributed by atoms with E-state index in [9.17, 15) is 0 Å². The molecule has 22 heavy (non-hydrogen) atoms.